The van der Waals surface area contributed by atoms with Crippen molar-refractivity contribution in [2.45, 2.75) is 20.8 Å². The molecule has 1 aromatic heterocycles. The van der Waals surface area contributed by atoms with E-state index in [-0.39, 0.29) is 23.2 Å². The van der Waals surface area contributed by atoms with Gasteiger partial charge in [0.1, 0.15) is 0 Å². The number of nitrogens with one attached hydrogen (secondary N) is 3. The van der Waals surface area contributed by atoms with Crippen LogP contribution in [0.4, 0.5) is 22.9 Å². The molecule has 1 saturated heterocycles. The summed E-state index contributed by atoms with van der Waals surface area (Å²) in [6.45, 7) is 9.27. The molecule has 0 radical (unpaired) electrons. The number of hydrogen-bond donors (Lipinski definition) is 3. The second kappa shape index (κ2) is 13.6. The van der Waals surface area contributed by atoms with Crippen LogP contribution < -0.4 is 21.5 Å². The van der Waals surface area contributed by atoms with E-state index in [9.17, 15) is 14.4 Å². The summed E-state index contributed by atoms with van der Waals surface area (Å²) in [7, 11) is 1.67. The van der Waals surface area contributed by atoms with Gasteiger partial charge < -0.3 is 30.2 Å². The number of amides is 2. The van der Waals surface area contributed by atoms with Gasteiger partial charge in [-0.3, -0.25) is 14.4 Å². The quantitative estimate of drug-likeness (QED) is 0.241. The van der Waals surface area contributed by atoms with Gasteiger partial charge in [-0.2, -0.15) is 0 Å². The fraction of sp³-hybridized carbons (Fsp3) is 0.294. The van der Waals surface area contributed by atoms with E-state index in [1.807, 2.05) is 37.3 Å². The van der Waals surface area contributed by atoms with Crippen molar-refractivity contribution < 1.29 is 14.3 Å². The number of rotatable bonds is 9. The van der Waals surface area contributed by atoms with Crippen LogP contribution in [-0.2, 0) is 11.8 Å². The lowest BCUT2D eigenvalue weighted by molar-refractivity contribution is 0.0303. The van der Waals surface area contributed by atoms with Crippen molar-refractivity contribution in [2.24, 2.45) is 13.0 Å². The number of carbonyl (C=O) groups excluding carboxylic acids is 2. The third kappa shape index (κ3) is 7.15. The molecule has 4 aromatic rings. The van der Waals surface area contributed by atoms with Crippen LogP contribution >= 0.6 is 0 Å². The Morgan fingerprint density at radius 2 is 1.59 bits per heavy atom. The minimum Gasteiger partial charge on any atom is -0.385 e. The molecular formula is C34H38N6O4. The molecule has 3 N–H and O–H groups in total. The first-order valence-corrected chi connectivity index (χ1v) is 14.8. The molecule has 0 bridgehead atoms. The van der Waals surface area contributed by atoms with E-state index in [0.717, 1.165) is 23.4 Å². The number of hydrogen-bond acceptors (Lipinski definition) is 7. The maximum absolute atomic E-state index is 13.1. The van der Waals surface area contributed by atoms with Crippen LogP contribution in [0.15, 0.2) is 77.7 Å². The third-order valence-corrected chi connectivity index (χ3v) is 7.48. The third-order valence-electron chi connectivity index (χ3n) is 7.48. The van der Waals surface area contributed by atoms with Crippen molar-refractivity contribution in [2.75, 3.05) is 48.8 Å². The highest BCUT2D eigenvalue weighted by Crippen LogP contribution is 2.28. The number of aromatic nitrogens is 2. The minimum atomic E-state index is -0.296. The summed E-state index contributed by atoms with van der Waals surface area (Å²) in [4.78, 5) is 45.3. The Bertz CT molecular complexity index is 1690. The van der Waals surface area contributed by atoms with Crippen LogP contribution in [0, 0.1) is 12.8 Å². The number of anilines is 4. The van der Waals surface area contributed by atoms with Gasteiger partial charge in [-0.15, -0.1) is 0 Å². The molecule has 10 nitrogen and oxygen atoms in total. The van der Waals surface area contributed by atoms with Crippen LogP contribution in [-0.4, -0.2) is 59.1 Å². The highest BCUT2D eigenvalue weighted by Gasteiger charge is 2.19. The molecule has 2 heterocycles. The Hall–Kier alpha value is -4.96. The fourth-order valence-electron chi connectivity index (χ4n) is 4.90. The summed E-state index contributed by atoms with van der Waals surface area (Å²) in [5.74, 6) is 0.407. The summed E-state index contributed by atoms with van der Waals surface area (Å²) < 4.78 is 6.81. The van der Waals surface area contributed by atoms with Crippen LogP contribution in [0.25, 0.3) is 11.3 Å². The fourth-order valence-corrected chi connectivity index (χ4v) is 4.90. The van der Waals surface area contributed by atoms with Crippen LogP contribution in [0.2, 0.25) is 0 Å². The van der Waals surface area contributed by atoms with Gasteiger partial charge in [0.2, 0.25) is 0 Å². The Morgan fingerprint density at radius 1 is 0.932 bits per heavy atom. The molecule has 228 valence electrons. The normalized spacial score (nSPS) is 13.1. The average molecular weight is 595 g/mol. The van der Waals surface area contributed by atoms with E-state index in [0.29, 0.717) is 60.4 Å². The molecule has 44 heavy (non-hydrogen) atoms. The molecule has 1 aliphatic rings. The zero-order chi connectivity index (χ0) is 31.2. The van der Waals surface area contributed by atoms with Crippen LogP contribution in [0.3, 0.4) is 0 Å². The average Bonchev–Trinajstić information content (AvgIpc) is 3.03. The first kappa shape index (κ1) is 30.5. The SMILES string of the molecule is Cc1c(NC(=O)c2ccc(NCC(C)C)cc2)cccc1-c1cn(C)c(=O)c(Nc2ccc(C(=O)N3CCOCC3)cc2)n1. The lowest BCUT2D eigenvalue weighted by Crippen LogP contribution is -2.40. The zero-order valence-corrected chi connectivity index (χ0v) is 25.5. The van der Waals surface area contributed by atoms with Gasteiger partial charge >= 0.3 is 0 Å². The summed E-state index contributed by atoms with van der Waals surface area (Å²) in [6.07, 6.45) is 1.68. The zero-order valence-electron chi connectivity index (χ0n) is 25.5. The molecular weight excluding hydrogens is 556 g/mol. The van der Waals surface area contributed by atoms with E-state index < -0.39 is 0 Å². The van der Waals surface area contributed by atoms with E-state index in [1.165, 1.54) is 4.57 Å². The summed E-state index contributed by atoms with van der Waals surface area (Å²) in [6, 6.07) is 20.0. The van der Waals surface area contributed by atoms with Gasteiger partial charge in [0.15, 0.2) is 5.82 Å². The van der Waals surface area contributed by atoms with Crippen molar-refractivity contribution in [3.63, 3.8) is 0 Å². The number of morpholine rings is 1. The van der Waals surface area contributed by atoms with E-state index >= 15 is 0 Å². The van der Waals surface area contributed by atoms with Gasteiger partial charge in [0.05, 0.1) is 18.9 Å². The number of nitrogens with zero attached hydrogens (tertiary/aromatic N) is 3. The molecule has 1 fully saturated rings. The molecule has 10 heteroatoms. The standard InChI is InChI=1S/C34H38N6O4/c1-22(2)20-35-26-12-8-24(9-13-26)32(41)38-29-7-5-6-28(23(29)3)30-21-39(4)34(43)31(37-30)36-27-14-10-25(11-15-27)33(42)40-16-18-44-19-17-40/h5-15,21-22,35H,16-20H2,1-4H3,(H,36,37)(H,38,41). The van der Waals surface area contributed by atoms with Gasteiger partial charge in [-0.25, -0.2) is 4.98 Å². The smallest absolute Gasteiger partial charge is 0.293 e. The summed E-state index contributed by atoms with van der Waals surface area (Å²) >= 11 is 0. The van der Waals surface area contributed by atoms with Gasteiger partial charge in [-0.05, 0) is 73.0 Å². The Balaban J connectivity index is 1.32. The predicted octanol–water partition coefficient (Wildman–Crippen LogP) is 5.29. The molecule has 0 unspecified atom stereocenters. The van der Waals surface area contributed by atoms with Crippen LogP contribution in [0.5, 0.6) is 0 Å². The van der Waals surface area contributed by atoms with E-state index in [4.69, 9.17) is 4.74 Å². The Morgan fingerprint density at radius 3 is 2.27 bits per heavy atom. The second-order valence-corrected chi connectivity index (χ2v) is 11.3. The predicted molar refractivity (Wildman–Crippen MR) is 174 cm³/mol. The van der Waals surface area contributed by atoms with Gasteiger partial charge in [-0.1, -0.05) is 26.0 Å². The van der Waals surface area contributed by atoms with Gasteiger partial charge in [0, 0.05) is 66.6 Å². The summed E-state index contributed by atoms with van der Waals surface area (Å²) in [5, 5.41) is 9.48. The molecule has 0 atom stereocenters. The van der Waals surface area contributed by atoms with E-state index in [1.54, 1.807) is 54.5 Å². The lowest BCUT2D eigenvalue weighted by atomic mass is 10.0. The number of aryl methyl sites for hydroxylation is 1. The molecule has 0 spiro atoms. The van der Waals surface area contributed by atoms with E-state index in [2.05, 4.69) is 34.8 Å². The highest BCUT2D eigenvalue weighted by atomic mass is 16.5. The van der Waals surface area contributed by atoms with Crippen molar-refractivity contribution in [3.05, 3.63) is 100.0 Å². The van der Waals surface area contributed by atoms with Crippen molar-refractivity contribution in [1.29, 1.82) is 0 Å². The molecule has 0 aliphatic carbocycles. The van der Waals surface area contributed by atoms with Crippen molar-refractivity contribution in [3.8, 4) is 11.3 Å². The maximum Gasteiger partial charge on any atom is 0.293 e. The van der Waals surface area contributed by atoms with Crippen molar-refractivity contribution in [1.82, 2.24) is 14.5 Å². The molecule has 1 aliphatic heterocycles. The van der Waals surface area contributed by atoms with Crippen molar-refractivity contribution >= 4 is 34.7 Å². The monoisotopic (exact) mass is 594 g/mol. The molecule has 2 amide bonds. The highest BCUT2D eigenvalue weighted by molar-refractivity contribution is 6.05. The summed E-state index contributed by atoms with van der Waals surface area (Å²) in [5.41, 5.74) is 5.25. The number of carbonyl (C=O) groups is 2. The first-order chi connectivity index (χ1) is 21.2. The Kier molecular flexibility index (Phi) is 9.40. The maximum atomic E-state index is 13.1. The largest absolute Gasteiger partial charge is 0.385 e. The molecule has 3 aromatic carbocycles. The molecule has 0 saturated carbocycles. The van der Waals surface area contributed by atoms with Crippen LogP contribution in [0.1, 0.15) is 40.1 Å². The minimum absolute atomic E-state index is 0.0472. The first-order valence-electron chi connectivity index (χ1n) is 14.8. The lowest BCUT2D eigenvalue weighted by Gasteiger charge is -2.26. The number of benzene rings is 3. The Labute approximate surface area is 257 Å². The van der Waals surface area contributed by atoms with Gasteiger partial charge in [0.25, 0.3) is 17.4 Å². The second-order valence-electron chi connectivity index (χ2n) is 11.3. The number of ether oxygens (including phenoxy) is 1. The topological polar surface area (TPSA) is 118 Å². The molecule has 5 rings (SSSR count).